The van der Waals surface area contributed by atoms with Crippen molar-refractivity contribution in [3.8, 4) is 11.5 Å². The predicted molar refractivity (Wildman–Crippen MR) is 81.8 cm³/mol. The van der Waals surface area contributed by atoms with Gasteiger partial charge in [0, 0.05) is 12.5 Å². The first-order chi connectivity index (χ1) is 10.4. The second-order valence-corrected chi connectivity index (χ2v) is 5.52. The van der Waals surface area contributed by atoms with Gasteiger partial charge in [-0.1, -0.05) is 30.9 Å². The van der Waals surface area contributed by atoms with Gasteiger partial charge in [0.2, 0.25) is 0 Å². The van der Waals surface area contributed by atoms with Crippen molar-refractivity contribution < 1.29 is 23.0 Å². The summed E-state index contributed by atoms with van der Waals surface area (Å²) in [5, 5.41) is 0. The van der Waals surface area contributed by atoms with E-state index in [0.29, 0.717) is 17.1 Å². The summed E-state index contributed by atoms with van der Waals surface area (Å²) in [5.41, 5.74) is 0.0988. The average molecular weight is 324 g/mol. The Labute approximate surface area is 130 Å². The molecule has 3 nitrogen and oxygen atoms in total. The molecule has 22 heavy (non-hydrogen) atoms. The van der Waals surface area contributed by atoms with Crippen LogP contribution in [0.4, 0.5) is 8.78 Å². The van der Waals surface area contributed by atoms with Crippen LogP contribution in [0.15, 0.2) is 36.9 Å². The van der Waals surface area contributed by atoms with Gasteiger partial charge in [-0.2, -0.15) is 0 Å². The van der Waals surface area contributed by atoms with Crippen LogP contribution in [-0.2, 0) is 10.7 Å². The molecule has 2 rings (SSSR count). The van der Waals surface area contributed by atoms with Gasteiger partial charge in [-0.15, -0.1) is 11.3 Å². The summed E-state index contributed by atoms with van der Waals surface area (Å²) in [6.45, 7) is 4.31. The fourth-order valence-corrected chi connectivity index (χ4v) is 2.96. The summed E-state index contributed by atoms with van der Waals surface area (Å²) in [5.74, 6) is -3.38. The molecule has 0 atom stereocenters. The molecule has 6 heteroatoms. The Bertz CT molecular complexity index is 687. The Balaban J connectivity index is 2.60. The van der Waals surface area contributed by atoms with Gasteiger partial charge in [0.05, 0.1) is 12.0 Å². The number of alkyl halides is 2. The molecule has 116 valence electrons. The maximum Gasteiger partial charge on any atom is 0.351 e. The summed E-state index contributed by atoms with van der Waals surface area (Å²) in [7, 11) is 1.19. The highest BCUT2D eigenvalue weighted by Gasteiger charge is 2.35. The van der Waals surface area contributed by atoms with Crippen molar-refractivity contribution in [2.75, 3.05) is 7.11 Å². The van der Waals surface area contributed by atoms with E-state index in [9.17, 15) is 13.6 Å². The number of hydrogen-bond donors (Lipinski definition) is 0. The van der Waals surface area contributed by atoms with Crippen LogP contribution in [0.3, 0.4) is 0 Å². The summed E-state index contributed by atoms with van der Waals surface area (Å²) in [6, 6.07) is 8.59. The van der Waals surface area contributed by atoms with Crippen molar-refractivity contribution in [3.63, 3.8) is 0 Å². The van der Waals surface area contributed by atoms with E-state index in [2.05, 4.69) is 11.3 Å². The van der Waals surface area contributed by atoms with Crippen LogP contribution in [0.1, 0.15) is 27.0 Å². The molecule has 0 spiro atoms. The van der Waals surface area contributed by atoms with Crippen LogP contribution in [0.5, 0.6) is 11.5 Å². The molecule has 0 amide bonds. The molecule has 1 aromatic carbocycles. The Morgan fingerprint density at radius 3 is 2.45 bits per heavy atom. The Morgan fingerprint density at radius 2 is 1.95 bits per heavy atom. The number of methoxy groups -OCH3 is 1. The maximum atomic E-state index is 13.8. The van der Waals surface area contributed by atoms with E-state index in [1.165, 1.54) is 13.2 Å². The molecule has 0 aliphatic carbocycles. The Morgan fingerprint density at radius 1 is 1.32 bits per heavy atom. The molecule has 0 bridgehead atoms. The number of esters is 1. The van der Waals surface area contributed by atoms with Gasteiger partial charge >= 0.3 is 5.97 Å². The van der Waals surface area contributed by atoms with Crippen LogP contribution < -0.4 is 4.74 Å². The molecule has 0 aliphatic rings. The number of halogens is 2. The van der Waals surface area contributed by atoms with Crippen LogP contribution in [-0.4, -0.2) is 13.1 Å². The molecule has 0 radical (unpaired) electrons. The largest absolute Gasteiger partial charge is 0.465 e. The number of benzene rings is 1. The highest BCUT2D eigenvalue weighted by Crippen LogP contribution is 2.45. The van der Waals surface area contributed by atoms with Crippen molar-refractivity contribution in [2.24, 2.45) is 0 Å². The smallest absolute Gasteiger partial charge is 0.351 e. The zero-order valence-electron chi connectivity index (χ0n) is 12.1. The molecule has 1 aromatic heterocycles. The highest BCUT2D eigenvalue weighted by molar-refractivity contribution is 7.14. The van der Waals surface area contributed by atoms with Gasteiger partial charge in [-0.05, 0) is 12.1 Å². The monoisotopic (exact) mass is 324 g/mol. The van der Waals surface area contributed by atoms with Crippen LogP contribution in [0.2, 0.25) is 0 Å². The van der Waals surface area contributed by atoms with Crippen molar-refractivity contribution >= 4 is 23.4 Å². The number of para-hydroxylation sites is 1. The number of hydrogen-bond acceptors (Lipinski definition) is 4. The predicted octanol–water partition coefficient (Wildman–Crippen LogP) is 5.08. The van der Waals surface area contributed by atoms with Crippen molar-refractivity contribution in [1.82, 2.24) is 0 Å². The first-order valence-corrected chi connectivity index (χ1v) is 7.19. The lowest BCUT2D eigenvalue weighted by atomic mass is 10.1. The number of ether oxygens (including phenoxy) is 2. The maximum absolute atomic E-state index is 13.8. The zero-order chi connectivity index (χ0) is 16.3. The Kier molecular flexibility index (Phi) is 4.61. The first kappa shape index (κ1) is 16.2. The molecule has 0 aliphatic heterocycles. The number of thiophene rings is 1. The van der Waals surface area contributed by atoms with E-state index in [4.69, 9.17) is 4.74 Å². The summed E-state index contributed by atoms with van der Waals surface area (Å²) >= 11 is 0.649. The van der Waals surface area contributed by atoms with Crippen LogP contribution in [0, 0.1) is 0 Å². The third-order valence-corrected chi connectivity index (χ3v) is 4.17. The molecule has 0 saturated carbocycles. The fraction of sp³-hybridized carbons (Fsp3) is 0.188. The summed E-state index contributed by atoms with van der Waals surface area (Å²) in [4.78, 5) is 11.6. The molecular formula is C16H14F2O3S. The minimum Gasteiger partial charge on any atom is -0.465 e. The van der Waals surface area contributed by atoms with E-state index in [-0.39, 0.29) is 21.1 Å². The number of rotatable bonds is 5. The molecule has 0 unspecified atom stereocenters. The lowest BCUT2D eigenvalue weighted by molar-refractivity contribution is 0.0212. The van der Waals surface area contributed by atoms with E-state index in [0.717, 1.165) is 6.92 Å². The number of carbonyl (C=O) groups excluding carboxylic acids is 1. The van der Waals surface area contributed by atoms with Crippen LogP contribution >= 0.6 is 11.3 Å². The van der Waals surface area contributed by atoms with E-state index in [1.807, 2.05) is 0 Å². The van der Waals surface area contributed by atoms with Gasteiger partial charge < -0.3 is 9.47 Å². The van der Waals surface area contributed by atoms with Gasteiger partial charge in [-0.3, -0.25) is 0 Å². The third kappa shape index (κ3) is 3.17. The first-order valence-electron chi connectivity index (χ1n) is 6.37. The quantitative estimate of drug-likeness (QED) is 0.719. The van der Waals surface area contributed by atoms with Gasteiger partial charge in [0.1, 0.15) is 5.75 Å². The molecule has 1 heterocycles. The van der Waals surface area contributed by atoms with E-state index >= 15 is 0 Å². The topological polar surface area (TPSA) is 35.5 Å². The third-order valence-electron chi connectivity index (χ3n) is 2.84. The Hall–Kier alpha value is -2.21. The fourth-order valence-electron chi connectivity index (χ4n) is 1.88. The average Bonchev–Trinajstić information content (AvgIpc) is 2.86. The van der Waals surface area contributed by atoms with Crippen molar-refractivity contribution in [2.45, 2.75) is 12.8 Å². The van der Waals surface area contributed by atoms with Crippen molar-refractivity contribution in [1.29, 1.82) is 0 Å². The SMILES string of the molecule is C=Cc1c(C(C)(F)F)sc(C(=O)OC)c1Oc1ccccc1. The van der Waals surface area contributed by atoms with Gasteiger partial charge in [0.25, 0.3) is 5.92 Å². The zero-order valence-corrected chi connectivity index (χ0v) is 12.9. The second kappa shape index (κ2) is 6.27. The van der Waals surface area contributed by atoms with Gasteiger partial charge in [-0.25, -0.2) is 13.6 Å². The second-order valence-electron chi connectivity index (χ2n) is 4.50. The molecule has 0 N–H and O–H groups in total. The van der Waals surface area contributed by atoms with Crippen LogP contribution in [0.25, 0.3) is 6.08 Å². The van der Waals surface area contributed by atoms with Crippen molar-refractivity contribution in [3.05, 3.63) is 52.2 Å². The van der Waals surface area contributed by atoms with E-state index in [1.54, 1.807) is 30.3 Å². The number of carbonyl (C=O) groups is 1. The van der Waals surface area contributed by atoms with Gasteiger partial charge in [0.15, 0.2) is 10.6 Å². The summed E-state index contributed by atoms with van der Waals surface area (Å²) in [6.07, 6.45) is 1.26. The molecule has 0 saturated heterocycles. The lowest BCUT2D eigenvalue weighted by Gasteiger charge is -2.10. The molecule has 0 fully saturated rings. The molecular weight excluding hydrogens is 310 g/mol. The standard InChI is InChI=1S/C16H14F2O3S/c1-4-11-12(21-10-8-6-5-7-9-10)13(15(19)20-3)22-14(11)16(2,17)18/h4-9H,1H2,2-3H3. The summed E-state index contributed by atoms with van der Waals surface area (Å²) < 4.78 is 37.8. The lowest BCUT2D eigenvalue weighted by Crippen LogP contribution is -2.05. The normalized spacial score (nSPS) is 11.1. The minimum atomic E-state index is -3.12. The molecule has 2 aromatic rings. The minimum absolute atomic E-state index is 0.0159. The highest BCUT2D eigenvalue weighted by atomic mass is 32.1. The van der Waals surface area contributed by atoms with E-state index < -0.39 is 11.9 Å².